The van der Waals surface area contributed by atoms with Crippen molar-refractivity contribution in [3.05, 3.63) is 12.0 Å². The summed E-state index contributed by atoms with van der Waals surface area (Å²) in [6.45, 7) is 7.35. The predicted molar refractivity (Wildman–Crippen MR) is 72.2 cm³/mol. The van der Waals surface area contributed by atoms with Crippen LogP contribution < -0.4 is 7.68 Å². The summed E-state index contributed by atoms with van der Waals surface area (Å²) in [6.07, 6.45) is 4.30. The summed E-state index contributed by atoms with van der Waals surface area (Å²) in [7, 11) is -10.7. The summed E-state index contributed by atoms with van der Waals surface area (Å²) in [6, 6.07) is 0. The molecule has 1 fully saturated rings. The van der Waals surface area contributed by atoms with Gasteiger partial charge in [0.2, 0.25) is 0 Å². The predicted octanol–water partition coefficient (Wildman–Crippen LogP) is 3.76. The van der Waals surface area contributed by atoms with Gasteiger partial charge in [-0.2, -0.15) is 0 Å². The van der Waals surface area contributed by atoms with Gasteiger partial charge in [0.25, 0.3) is 0 Å². The first kappa shape index (κ1) is 18.5. The van der Waals surface area contributed by atoms with Crippen LogP contribution >= 0.6 is 7.81 Å². The Bertz CT molecular complexity index is 499. The van der Waals surface area contributed by atoms with Crippen LogP contribution in [0.25, 0.3) is 0 Å². The third-order valence-corrected chi connectivity index (χ3v) is 9.45. The molecule has 1 aliphatic heterocycles. The van der Waals surface area contributed by atoms with E-state index < -0.39 is 7.81 Å². The molecule has 0 bridgehead atoms. The molecule has 2 rings (SSSR count). The summed E-state index contributed by atoms with van der Waals surface area (Å²) in [4.78, 5) is 0. The van der Waals surface area contributed by atoms with Gasteiger partial charge in [0, 0.05) is 0 Å². The molecule has 0 spiro atoms. The Hall–Kier alpha value is 0.459. The minimum atomic E-state index is -10.7. The van der Waals surface area contributed by atoms with Crippen molar-refractivity contribution in [3.8, 4) is 0 Å². The van der Waals surface area contributed by atoms with Crippen molar-refractivity contribution in [2.24, 2.45) is 0 Å². The minimum absolute atomic E-state index is 0.724. The molecule has 1 saturated heterocycles. The van der Waals surface area contributed by atoms with E-state index in [4.69, 9.17) is 0 Å². The Kier molecular flexibility index (Phi) is 5.17. The van der Waals surface area contributed by atoms with E-state index in [2.05, 4.69) is 18.4 Å². The molecule has 10 heteroatoms. The maximum atomic E-state index is 9.87. The summed E-state index contributed by atoms with van der Waals surface area (Å²) in [5.74, 6) is 0. The van der Waals surface area contributed by atoms with Crippen molar-refractivity contribution in [3.63, 3.8) is 0 Å². The normalized spacial score (nSPS) is 19.7. The van der Waals surface area contributed by atoms with E-state index in [1.54, 1.807) is 8.87 Å². The number of nitrogens with zero attached hydrogens (tertiary/aromatic N) is 1. The molecular weight excluding hydrogens is 438 g/mol. The summed E-state index contributed by atoms with van der Waals surface area (Å²) < 4.78 is 67.1. The third kappa shape index (κ3) is 9.41. The van der Waals surface area contributed by atoms with Crippen LogP contribution in [0.1, 0.15) is 28.1 Å². The zero-order valence-corrected chi connectivity index (χ0v) is 15.3. The fourth-order valence-corrected chi connectivity index (χ4v) is 8.82. The first-order valence-corrected chi connectivity index (χ1v) is 11.4. The number of rotatable bonds is 0. The van der Waals surface area contributed by atoms with Crippen LogP contribution in [0.3, 0.4) is 0 Å². The van der Waals surface area contributed by atoms with Crippen molar-refractivity contribution < 1.29 is 25.2 Å². The van der Waals surface area contributed by atoms with Gasteiger partial charge >= 0.3 is 125 Å². The first-order valence-electron chi connectivity index (χ1n) is 5.94. The molecule has 1 aromatic rings. The van der Waals surface area contributed by atoms with E-state index in [0.717, 1.165) is 29.0 Å². The van der Waals surface area contributed by atoms with Crippen LogP contribution in [0.5, 0.6) is 0 Å². The van der Waals surface area contributed by atoms with Crippen molar-refractivity contribution in [2.75, 3.05) is 13.1 Å². The molecule has 2 heterocycles. The second kappa shape index (κ2) is 5.58. The molecule has 0 radical (unpaired) electrons. The van der Waals surface area contributed by atoms with E-state index in [1.807, 2.05) is 3.11 Å². The average Bonchev–Trinajstić information content (AvgIpc) is 2.56. The van der Waals surface area contributed by atoms with E-state index in [-0.39, 0.29) is 0 Å². The van der Waals surface area contributed by atoms with Gasteiger partial charge in [0.05, 0.1) is 0 Å². The molecule has 20 heavy (non-hydrogen) atoms. The second-order valence-corrected chi connectivity index (χ2v) is 12.9. The third-order valence-electron chi connectivity index (χ3n) is 2.59. The number of hydrogen-bond donors (Lipinski definition) is 0. The van der Waals surface area contributed by atoms with E-state index >= 15 is 0 Å². The van der Waals surface area contributed by atoms with Gasteiger partial charge in [0.15, 0.2) is 0 Å². The molecule has 0 aromatic carbocycles. The average molecular weight is 454 g/mol. The number of piperidine rings is 1. The van der Waals surface area contributed by atoms with E-state index in [9.17, 15) is 25.2 Å². The second-order valence-electron chi connectivity index (χ2n) is 4.59. The molecule has 1 nitrogen and oxygen atoms in total. The van der Waals surface area contributed by atoms with Crippen LogP contribution in [-0.2, 0) is 0 Å². The van der Waals surface area contributed by atoms with Crippen LogP contribution in [0.15, 0.2) is 0 Å². The molecule has 0 atom stereocenters. The summed E-state index contributed by atoms with van der Waals surface area (Å²) in [5, 5.41) is 0. The van der Waals surface area contributed by atoms with Gasteiger partial charge in [0.1, 0.15) is 0 Å². The first-order chi connectivity index (χ1) is 8.72. The molecule has 0 saturated carbocycles. The van der Waals surface area contributed by atoms with Gasteiger partial charge in [-0.15, -0.1) is 0 Å². The zero-order valence-electron chi connectivity index (χ0n) is 11.0. The fourth-order valence-electron chi connectivity index (χ4n) is 1.63. The van der Waals surface area contributed by atoms with Crippen molar-refractivity contribution in [1.82, 2.24) is 4.58 Å². The number of halogens is 6. The quantitative estimate of drug-likeness (QED) is 0.243. The summed E-state index contributed by atoms with van der Waals surface area (Å²) >= 11 is 1.45. The van der Waals surface area contributed by atoms with E-state index in [1.165, 1.54) is 32.4 Å². The molecule has 0 aliphatic carbocycles. The van der Waals surface area contributed by atoms with Gasteiger partial charge in [-0.05, 0) is 0 Å². The van der Waals surface area contributed by atoms with Crippen molar-refractivity contribution >= 4 is 36.8 Å². The Morgan fingerprint density at radius 3 is 1.50 bits per heavy atom. The fraction of sp³-hybridized carbons (Fsp3) is 0.700. The van der Waals surface area contributed by atoms with Crippen LogP contribution in [-0.4, -0.2) is 42.1 Å². The number of hydrogen-bond acceptors (Lipinski definition) is 0. The van der Waals surface area contributed by atoms with Crippen molar-refractivity contribution in [1.29, 1.82) is 0 Å². The molecule has 0 unspecified atom stereocenters. The van der Waals surface area contributed by atoms with Gasteiger partial charge < -0.3 is 0 Å². The van der Waals surface area contributed by atoms with Gasteiger partial charge in [-0.25, -0.2) is 0 Å². The molecule has 0 N–H and O–H groups in total. The van der Waals surface area contributed by atoms with Crippen LogP contribution in [0.4, 0.5) is 25.2 Å². The van der Waals surface area contributed by atoms with Crippen LogP contribution in [0.2, 0.25) is 0 Å². The molecular formula is C10H16F6NPSe2. The summed E-state index contributed by atoms with van der Waals surface area (Å²) in [5.41, 5.74) is 0. The molecule has 1 aromatic heterocycles. The number of aryl methyl sites for hydroxylation is 2. The zero-order chi connectivity index (χ0) is 15.7. The Morgan fingerprint density at radius 2 is 1.15 bits per heavy atom. The van der Waals surface area contributed by atoms with E-state index in [0.29, 0.717) is 0 Å². The molecule has 1 aliphatic rings. The maximum absolute atomic E-state index is 10.7. The standard InChI is InChI=1S/C10H16NSe2.F6P/c1-8-9(2)13-10(12-8)11-6-4-3-5-7-11;1-7(2,3,4,5)6/h3-7H2,1-2H3;/q+1;-1/i10+1;. The SMILES string of the molecule is Cc1[se][13c](=[N+]2CCCCC2)[se]c1C.F[P-](F)(F)(F)(F)F. The van der Waals surface area contributed by atoms with Gasteiger partial charge in [-0.1, -0.05) is 0 Å². The Morgan fingerprint density at radius 1 is 0.800 bits per heavy atom. The molecule has 0 amide bonds. The van der Waals surface area contributed by atoms with Crippen LogP contribution in [0, 0.1) is 13.8 Å². The topological polar surface area (TPSA) is 3.01 Å². The Balaban J connectivity index is 0.000000246. The van der Waals surface area contributed by atoms with Crippen molar-refractivity contribution in [2.45, 2.75) is 33.1 Å². The monoisotopic (exact) mass is 456 g/mol. The molecule has 120 valence electrons. The Labute approximate surface area is 125 Å². The van der Waals surface area contributed by atoms with Gasteiger partial charge in [-0.3, -0.25) is 0 Å².